The maximum absolute atomic E-state index is 10.9. The molecule has 1 aliphatic carbocycles. The molecule has 3 heteroatoms. The number of methoxy groups -OCH3 is 2. The second kappa shape index (κ2) is 5.19. The molecule has 2 atom stereocenters. The molecule has 100 valence electrons. The molecule has 1 fully saturated rings. The van der Waals surface area contributed by atoms with Crippen molar-refractivity contribution in [1.29, 1.82) is 0 Å². The van der Waals surface area contributed by atoms with Crippen LogP contribution < -0.4 is 9.47 Å². The van der Waals surface area contributed by atoms with Crippen molar-refractivity contribution in [3.8, 4) is 11.5 Å². The average Bonchev–Trinajstić information content (AvgIpc) is 2.41. The molecule has 0 spiro atoms. The monoisotopic (exact) mass is 250 g/mol. The summed E-state index contributed by atoms with van der Waals surface area (Å²) in [6.07, 6.45) is 4.18. The van der Waals surface area contributed by atoms with Crippen LogP contribution in [0.2, 0.25) is 0 Å². The van der Waals surface area contributed by atoms with Gasteiger partial charge in [0, 0.05) is 0 Å². The highest BCUT2D eigenvalue weighted by Gasteiger charge is 2.38. The summed E-state index contributed by atoms with van der Waals surface area (Å²) in [7, 11) is 3.24. The third kappa shape index (κ3) is 2.19. The largest absolute Gasteiger partial charge is 0.493 e. The van der Waals surface area contributed by atoms with Gasteiger partial charge in [-0.25, -0.2) is 0 Å². The van der Waals surface area contributed by atoms with E-state index in [-0.39, 0.29) is 5.92 Å². The second-order valence-electron chi connectivity index (χ2n) is 5.14. The summed E-state index contributed by atoms with van der Waals surface area (Å²) in [5.41, 5.74) is 0.213. The highest BCUT2D eigenvalue weighted by atomic mass is 16.5. The Labute approximate surface area is 109 Å². The Balaban J connectivity index is 2.37. The Morgan fingerprint density at radius 2 is 1.89 bits per heavy atom. The van der Waals surface area contributed by atoms with Gasteiger partial charge in [-0.05, 0) is 36.5 Å². The lowest BCUT2D eigenvalue weighted by Gasteiger charge is -2.38. The summed E-state index contributed by atoms with van der Waals surface area (Å²) in [5.74, 6) is 1.67. The second-order valence-corrected chi connectivity index (χ2v) is 5.14. The Bertz CT molecular complexity index is 416. The summed E-state index contributed by atoms with van der Waals surface area (Å²) in [6, 6.07) is 5.72. The first-order valence-corrected chi connectivity index (χ1v) is 6.56. The van der Waals surface area contributed by atoms with Crippen LogP contribution in [0.25, 0.3) is 0 Å². The molecule has 0 amide bonds. The lowest BCUT2D eigenvalue weighted by atomic mass is 9.72. The lowest BCUT2D eigenvalue weighted by molar-refractivity contribution is -0.0471. The smallest absolute Gasteiger partial charge is 0.161 e. The average molecular weight is 250 g/mol. The molecular formula is C15H22O3. The predicted octanol–water partition coefficient (Wildman–Crippen LogP) is 3.10. The van der Waals surface area contributed by atoms with Crippen LogP contribution in [0.15, 0.2) is 18.2 Å². The first-order valence-electron chi connectivity index (χ1n) is 6.56. The fourth-order valence-electron chi connectivity index (χ4n) is 2.86. The van der Waals surface area contributed by atoms with Gasteiger partial charge in [0.15, 0.2) is 11.5 Å². The molecule has 0 aliphatic heterocycles. The molecule has 1 aromatic rings. The molecule has 0 aromatic heterocycles. The van der Waals surface area contributed by atoms with Crippen molar-refractivity contribution < 1.29 is 14.6 Å². The van der Waals surface area contributed by atoms with E-state index in [1.165, 1.54) is 6.42 Å². The topological polar surface area (TPSA) is 38.7 Å². The minimum absolute atomic E-state index is 0.282. The van der Waals surface area contributed by atoms with Gasteiger partial charge in [0.2, 0.25) is 0 Å². The Hall–Kier alpha value is -1.22. The molecular weight excluding hydrogens is 228 g/mol. The number of hydrogen-bond donors (Lipinski definition) is 1. The molecule has 1 N–H and O–H groups in total. The van der Waals surface area contributed by atoms with Crippen molar-refractivity contribution in [3.05, 3.63) is 23.8 Å². The first kappa shape index (κ1) is 13.2. The molecule has 3 nitrogen and oxygen atoms in total. The fraction of sp³-hybridized carbons (Fsp3) is 0.600. The fourth-order valence-corrected chi connectivity index (χ4v) is 2.86. The van der Waals surface area contributed by atoms with E-state index in [1.54, 1.807) is 14.2 Å². The number of hydrogen-bond acceptors (Lipinski definition) is 3. The van der Waals surface area contributed by atoms with Crippen molar-refractivity contribution in [2.75, 3.05) is 14.2 Å². The normalized spacial score (nSPS) is 27.9. The highest BCUT2D eigenvalue weighted by molar-refractivity contribution is 5.44. The van der Waals surface area contributed by atoms with Crippen LogP contribution in [-0.2, 0) is 5.60 Å². The molecule has 2 unspecified atom stereocenters. The molecule has 2 rings (SSSR count). The van der Waals surface area contributed by atoms with E-state index < -0.39 is 5.60 Å². The number of benzene rings is 1. The molecule has 1 saturated carbocycles. The van der Waals surface area contributed by atoms with Crippen LogP contribution in [0.5, 0.6) is 11.5 Å². The molecule has 1 aliphatic rings. The van der Waals surface area contributed by atoms with Crippen molar-refractivity contribution in [1.82, 2.24) is 0 Å². The van der Waals surface area contributed by atoms with Gasteiger partial charge < -0.3 is 14.6 Å². The SMILES string of the molecule is COc1ccc(C2(O)CCCCC2C)cc1OC. The zero-order valence-electron chi connectivity index (χ0n) is 11.4. The van der Waals surface area contributed by atoms with Crippen LogP contribution in [0.3, 0.4) is 0 Å². The van der Waals surface area contributed by atoms with Crippen LogP contribution in [0.4, 0.5) is 0 Å². The number of aliphatic hydroxyl groups is 1. The molecule has 1 aromatic carbocycles. The van der Waals surface area contributed by atoms with Crippen molar-refractivity contribution in [2.24, 2.45) is 5.92 Å². The van der Waals surface area contributed by atoms with E-state index in [9.17, 15) is 5.11 Å². The Morgan fingerprint density at radius 3 is 2.50 bits per heavy atom. The molecule has 0 bridgehead atoms. The van der Waals surface area contributed by atoms with Gasteiger partial charge in [0.25, 0.3) is 0 Å². The number of rotatable bonds is 3. The Morgan fingerprint density at radius 1 is 1.17 bits per heavy atom. The molecule has 18 heavy (non-hydrogen) atoms. The zero-order chi connectivity index (χ0) is 13.2. The lowest BCUT2D eigenvalue weighted by Crippen LogP contribution is -2.36. The van der Waals surface area contributed by atoms with Gasteiger partial charge in [-0.3, -0.25) is 0 Å². The zero-order valence-corrected chi connectivity index (χ0v) is 11.4. The maximum Gasteiger partial charge on any atom is 0.161 e. The summed E-state index contributed by atoms with van der Waals surface area (Å²) in [4.78, 5) is 0. The third-order valence-electron chi connectivity index (χ3n) is 4.14. The number of ether oxygens (including phenoxy) is 2. The van der Waals surface area contributed by atoms with Crippen LogP contribution in [-0.4, -0.2) is 19.3 Å². The van der Waals surface area contributed by atoms with Gasteiger partial charge in [-0.15, -0.1) is 0 Å². The Kier molecular flexibility index (Phi) is 3.81. The van der Waals surface area contributed by atoms with E-state index in [0.717, 1.165) is 24.8 Å². The predicted molar refractivity (Wildman–Crippen MR) is 71.1 cm³/mol. The van der Waals surface area contributed by atoms with Crippen molar-refractivity contribution in [2.45, 2.75) is 38.2 Å². The summed E-state index contributed by atoms with van der Waals surface area (Å²) in [5, 5.41) is 10.9. The minimum atomic E-state index is -0.724. The van der Waals surface area contributed by atoms with Gasteiger partial charge in [-0.1, -0.05) is 25.8 Å². The molecule has 0 radical (unpaired) electrons. The van der Waals surface area contributed by atoms with E-state index in [2.05, 4.69) is 6.92 Å². The summed E-state index contributed by atoms with van der Waals surface area (Å²) < 4.78 is 10.5. The van der Waals surface area contributed by atoms with E-state index >= 15 is 0 Å². The van der Waals surface area contributed by atoms with E-state index in [1.807, 2.05) is 18.2 Å². The third-order valence-corrected chi connectivity index (χ3v) is 4.14. The molecule has 0 saturated heterocycles. The summed E-state index contributed by atoms with van der Waals surface area (Å²) in [6.45, 7) is 2.12. The van der Waals surface area contributed by atoms with Crippen molar-refractivity contribution in [3.63, 3.8) is 0 Å². The van der Waals surface area contributed by atoms with Crippen LogP contribution >= 0.6 is 0 Å². The van der Waals surface area contributed by atoms with Gasteiger partial charge in [0.05, 0.1) is 19.8 Å². The van der Waals surface area contributed by atoms with Gasteiger partial charge in [-0.2, -0.15) is 0 Å². The van der Waals surface area contributed by atoms with E-state index in [0.29, 0.717) is 11.5 Å². The van der Waals surface area contributed by atoms with Crippen molar-refractivity contribution >= 4 is 0 Å². The van der Waals surface area contributed by atoms with Crippen LogP contribution in [0, 0.1) is 5.92 Å². The standard InChI is InChI=1S/C15H22O3/c1-11-6-4-5-9-15(11,16)12-7-8-13(17-2)14(10-12)18-3/h7-8,10-11,16H,4-6,9H2,1-3H3. The maximum atomic E-state index is 10.9. The van der Waals surface area contributed by atoms with E-state index in [4.69, 9.17) is 9.47 Å². The quantitative estimate of drug-likeness (QED) is 0.896. The van der Waals surface area contributed by atoms with Crippen LogP contribution in [0.1, 0.15) is 38.2 Å². The molecule has 0 heterocycles. The van der Waals surface area contributed by atoms with Gasteiger partial charge in [0.1, 0.15) is 0 Å². The minimum Gasteiger partial charge on any atom is -0.493 e. The van der Waals surface area contributed by atoms with Gasteiger partial charge >= 0.3 is 0 Å². The first-order chi connectivity index (χ1) is 8.61. The highest BCUT2D eigenvalue weighted by Crippen LogP contribution is 2.43. The summed E-state index contributed by atoms with van der Waals surface area (Å²) >= 11 is 0.